The Morgan fingerprint density at radius 2 is 2.54 bits per heavy atom. The average molecular weight is 214 g/mol. The molecular formula is C9H14N2S2. The van der Waals surface area contributed by atoms with Crippen LogP contribution in [0.1, 0.15) is 19.3 Å². The van der Waals surface area contributed by atoms with E-state index >= 15 is 0 Å². The Kier molecular flexibility index (Phi) is 2.79. The molecule has 0 aliphatic heterocycles. The molecule has 0 bridgehead atoms. The molecule has 2 nitrogen and oxygen atoms in total. The number of anilines is 1. The van der Waals surface area contributed by atoms with E-state index in [0.717, 1.165) is 11.7 Å². The lowest BCUT2D eigenvalue weighted by atomic mass is 9.84. The summed E-state index contributed by atoms with van der Waals surface area (Å²) < 4.78 is 0.506. The molecule has 0 amide bonds. The van der Waals surface area contributed by atoms with Crippen molar-refractivity contribution in [3.05, 3.63) is 11.6 Å². The Hall–Kier alpha value is -0.220. The fourth-order valence-electron chi connectivity index (χ4n) is 1.57. The molecule has 1 heterocycles. The zero-order valence-electron chi connectivity index (χ0n) is 7.75. The zero-order chi connectivity index (χ0) is 9.15. The first-order chi connectivity index (χ1) is 6.35. The van der Waals surface area contributed by atoms with Gasteiger partial charge in [0.05, 0.1) is 0 Å². The Balaban J connectivity index is 1.84. The van der Waals surface area contributed by atoms with Crippen molar-refractivity contribution in [3.63, 3.8) is 0 Å². The van der Waals surface area contributed by atoms with Crippen LogP contribution >= 0.6 is 23.1 Å². The highest BCUT2D eigenvalue weighted by molar-refractivity contribution is 8.00. The molecule has 0 aromatic carbocycles. The molecule has 0 saturated heterocycles. The van der Waals surface area contributed by atoms with E-state index < -0.39 is 0 Å². The smallest absolute Gasteiger partial charge is 0.182 e. The second-order valence-corrected chi connectivity index (χ2v) is 5.60. The summed E-state index contributed by atoms with van der Waals surface area (Å²) >= 11 is 3.67. The van der Waals surface area contributed by atoms with Gasteiger partial charge in [-0.2, -0.15) is 11.8 Å². The van der Waals surface area contributed by atoms with E-state index in [1.165, 1.54) is 19.3 Å². The molecule has 1 aromatic rings. The van der Waals surface area contributed by atoms with E-state index in [9.17, 15) is 0 Å². The summed E-state index contributed by atoms with van der Waals surface area (Å²) in [4.78, 5) is 4.21. The van der Waals surface area contributed by atoms with Gasteiger partial charge in [0.1, 0.15) is 0 Å². The molecule has 4 heteroatoms. The molecule has 1 aromatic heterocycles. The van der Waals surface area contributed by atoms with Gasteiger partial charge >= 0.3 is 0 Å². The number of hydrogen-bond donors (Lipinski definition) is 1. The van der Waals surface area contributed by atoms with Gasteiger partial charge in [-0.15, -0.1) is 11.3 Å². The Morgan fingerprint density at radius 1 is 1.69 bits per heavy atom. The number of thioether (sulfide) groups is 1. The average Bonchev–Trinajstić information content (AvgIpc) is 2.56. The van der Waals surface area contributed by atoms with Crippen molar-refractivity contribution in [1.29, 1.82) is 0 Å². The molecule has 1 fully saturated rings. The van der Waals surface area contributed by atoms with Gasteiger partial charge in [-0.1, -0.05) is 6.42 Å². The summed E-state index contributed by atoms with van der Waals surface area (Å²) in [5, 5.41) is 6.47. The van der Waals surface area contributed by atoms with Crippen LogP contribution < -0.4 is 5.32 Å². The van der Waals surface area contributed by atoms with Gasteiger partial charge < -0.3 is 5.32 Å². The minimum Gasteiger partial charge on any atom is -0.360 e. The third kappa shape index (κ3) is 1.99. The highest BCUT2D eigenvalue weighted by Crippen LogP contribution is 2.42. The lowest BCUT2D eigenvalue weighted by molar-refractivity contribution is 0.380. The molecule has 2 rings (SSSR count). The zero-order valence-corrected chi connectivity index (χ0v) is 9.38. The highest BCUT2D eigenvalue weighted by Gasteiger charge is 2.35. The van der Waals surface area contributed by atoms with Crippen molar-refractivity contribution in [2.75, 3.05) is 18.1 Å². The predicted octanol–water partition coefficient (Wildman–Crippen LogP) is 2.84. The van der Waals surface area contributed by atoms with Crippen LogP contribution in [-0.2, 0) is 0 Å². The number of nitrogens with zero attached hydrogens (tertiary/aromatic N) is 1. The predicted molar refractivity (Wildman–Crippen MR) is 60.7 cm³/mol. The molecule has 1 saturated carbocycles. The fraction of sp³-hybridized carbons (Fsp3) is 0.667. The van der Waals surface area contributed by atoms with Crippen LogP contribution in [0.4, 0.5) is 5.13 Å². The molecule has 13 heavy (non-hydrogen) atoms. The topological polar surface area (TPSA) is 24.9 Å². The van der Waals surface area contributed by atoms with Crippen LogP contribution in [0.2, 0.25) is 0 Å². The van der Waals surface area contributed by atoms with Crippen molar-refractivity contribution < 1.29 is 0 Å². The van der Waals surface area contributed by atoms with Gasteiger partial charge in [0.2, 0.25) is 0 Å². The molecule has 1 aliphatic carbocycles. The Labute approximate surface area is 87.1 Å². The fourth-order valence-corrected chi connectivity index (χ4v) is 3.01. The van der Waals surface area contributed by atoms with E-state index in [0.29, 0.717) is 4.75 Å². The summed E-state index contributed by atoms with van der Waals surface area (Å²) in [7, 11) is 0. The van der Waals surface area contributed by atoms with Gasteiger partial charge in [0.25, 0.3) is 0 Å². The van der Waals surface area contributed by atoms with Crippen molar-refractivity contribution in [2.24, 2.45) is 0 Å². The van der Waals surface area contributed by atoms with E-state index in [4.69, 9.17) is 0 Å². The Bertz CT molecular complexity index is 249. The lowest BCUT2D eigenvalue weighted by Gasteiger charge is -2.40. The normalized spacial score (nSPS) is 19.5. The molecule has 1 aliphatic rings. The molecule has 0 radical (unpaired) electrons. The largest absolute Gasteiger partial charge is 0.360 e. The van der Waals surface area contributed by atoms with Gasteiger partial charge in [0.15, 0.2) is 5.13 Å². The Morgan fingerprint density at radius 3 is 3.00 bits per heavy atom. The standard InChI is InChI=1S/C9H14N2S2/c1-12-9(3-2-4-9)7-11-8-10-5-6-13-8/h5-6H,2-4,7H2,1H3,(H,10,11). The summed E-state index contributed by atoms with van der Waals surface area (Å²) in [6.07, 6.45) is 8.15. The first kappa shape index (κ1) is 9.34. The molecule has 0 atom stereocenters. The third-order valence-corrected chi connectivity index (χ3v) is 4.84. The highest BCUT2D eigenvalue weighted by atomic mass is 32.2. The number of thiazole rings is 1. The molecule has 1 N–H and O–H groups in total. The maximum absolute atomic E-state index is 4.21. The summed E-state index contributed by atoms with van der Waals surface area (Å²) in [6, 6.07) is 0. The lowest BCUT2D eigenvalue weighted by Crippen LogP contribution is -2.40. The van der Waals surface area contributed by atoms with Crippen molar-refractivity contribution >= 4 is 28.2 Å². The molecule has 0 spiro atoms. The molecular weight excluding hydrogens is 200 g/mol. The number of hydrogen-bond acceptors (Lipinski definition) is 4. The summed E-state index contributed by atoms with van der Waals surface area (Å²) in [5.74, 6) is 0. The van der Waals surface area contributed by atoms with E-state index in [1.54, 1.807) is 11.3 Å². The number of rotatable bonds is 4. The maximum Gasteiger partial charge on any atom is 0.182 e. The van der Waals surface area contributed by atoms with Crippen molar-refractivity contribution in [2.45, 2.75) is 24.0 Å². The summed E-state index contributed by atoms with van der Waals surface area (Å²) in [6.45, 7) is 1.07. The van der Waals surface area contributed by atoms with Gasteiger partial charge in [0, 0.05) is 22.9 Å². The van der Waals surface area contributed by atoms with Crippen LogP contribution in [0.15, 0.2) is 11.6 Å². The minimum atomic E-state index is 0.506. The second-order valence-electron chi connectivity index (χ2n) is 3.43. The van der Waals surface area contributed by atoms with Gasteiger partial charge in [-0.25, -0.2) is 4.98 Å². The first-order valence-electron chi connectivity index (χ1n) is 4.53. The first-order valence-corrected chi connectivity index (χ1v) is 6.64. The number of nitrogens with one attached hydrogen (secondary N) is 1. The van der Waals surface area contributed by atoms with Crippen LogP contribution in [0.3, 0.4) is 0 Å². The quantitative estimate of drug-likeness (QED) is 0.834. The van der Waals surface area contributed by atoms with E-state index in [2.05, 4.69) is 16.6 Å². The number of aromatic nitrogens is 1. The molecule has 0 unspecified atom stereocenters. The van der Waals surface area contributed by atoms with Crippen molar-refractivity contribution in [1.82, 2.24) is 4.98 Å². The van der Waals surface area contributed by atoms with E-state index in [1.807, 2.05) is 23.3 Å². The maximum atomic E-state index is 4.21. The van der Waals surface area contributed by atoms with Gasteiger partial charge in [-0.05, 0) is 19.1 Å². The van der Waals surface area contributed by atoms with Crippen LogP contribution in [0, 0.1) is 0 Å². The summed E-state index contributed by atoms with van der Waals surface area (Å²) in [5.41, 5.74) is 0. The van der Waals surface area contributed by atoms with Gasteiger partial charge in [-0.3, -0.25) is 0 Å². The third-order valence-electron chi connectivity index (χ3n) is 2.69. The monoisotopic (exact) mass is 214 g/mol. The molecule has 72 valence electrons. The van der Waals surface area contributed by atoms with Crippen LogP contribution in [0.25, 0.3) is 0 Å². The SMILES string of the molecule is CSC1(CNc2nccs2)CCC1. The minimum absolute atomic E-state index is 0.506. The van der Waals surface area contributed by atoms with Crippen molar-refractivity contribution in [3.8, 4) is 0 Å². The van der Waals surface area contributed by atoms with E-state index in [-0.39, 0.29) is 0 Å². The van der Waals surface area contributed by atoms with Crippen LogP contribution in [0.5, 0.6) is 0 Å². The van der Waals surface area contributed by atoms with Crippen LogP contribution in [-0.4, -0.2) is 22.5 Å². The second kappa shape index (κ2) is 3.88.